The Morgan fingerprint density at radius 3 is 2.68 bits per heavy atom. The maximum Gasteiger partial charge on any atom is 0.134 e. The van der Waals surface area contributed by atoms with E-state index in [9.17, 15) is 0 Å². The van der Waals surface area contributed by atoms with E-state index >= 15 is 0 Å². The molecule has 1 saturated carbocycles. The highest BCUT2D eigenvalue weighted by molar-refractivity contribution is 5.19. The molecule has 1 unspecified atom stereocenters. The van der Waals surface area contributed by atoms with Gasteiger partial charge < -0.3 is 10.3 Å². The third-order valence-electron chi connectivity index (χ3n) is 4.00. The van der Waals surface area contributed by atoms with Crippen LogP contribution in [0, 0.1) is 0 Å². The van der Waals surface area contributed by atoms with E-state index in [1.54, 1.807) is 0 Å². The first kappa shape index (κ1) is 12.4. The zero-order valence-corrected chi connectivity index (χ0v) is 11.1. The van der Waals surface area contributed by atoms with Crippen molar-refractivity contribution in [3.63, 3.8) is 0 Å². The Bertz CT molecular complexity index is 514. The van der Waals surface area contributed by atoms with Crippen LogP contribution in [0.1, 0.15) is 49.2 Å². The third-order valence-corrected chi connectivity index (χ3v) is 4.00. The average Bonchev–Trinajstić information content (AvgIpc) is 3.10. The molecule has 1 aliphatic carbocycles. The second-order valence-electron chi connectivity index (χ2n) is 5.31. The van der Waals surface area contributed by atoms with E-state index < -0.39 is 0 Å². The quantitative estimate of drug-likeness (QED) is 0.915. The summed E-state index contributed by atoms with van der Waals surface area (Å²) >= 11 is 0. The van der Waals surface area contributed by atoms with Crippen LogP contribution < -0.4 is 5.73 Å². The maximum absolute atomic E-state index is 6.27. The van der Waals surface area contributed by atoms with Crippen LogP contribution in [0.25, 0.3) is 0 Å². The smallest absolute Gasteiger partial charge is 0.134 e. The zero-order valence-electron chi connectivity index (χ0n) is 11.1. The van der Waals surface area contributed by atoms with Crippen LogP contribution in [-0.4, -0.2) is 14.8 Å². The molecule has 2 N–H and O–H groups in total. The van der Waals surface area contributed by atoms with Crippen molar-refractivity contribution in [1.82, 2.24) is 14.8 Å². The Morgan fingerprint density at radius 1 is 1.21 bits per heavy atom. The molecule has 0 spiro atoms. The molecule has 1 aromatic heterocycles. The van der Waals surface area contributed by atoms with E-state index in [1.807, 2.05) is 24.5 Å². The van der Waals surface area contributed by atoms with E-state index in [2.05, 4.69) is 26.9 Å². The van der Waals surface area contributed by atoms with Gasteiger partial charge in [-0.25, -0.2) is 0 Å². The van der Waals surface area contributed by atoms with Gasteiger partial charge >= 0.3 is 0 Å². The van der Waals surface area contributed by atoms with Crippen molar-refractivity contribution in [2.45, 2.75) is 44.2 Å². The first-order valence-corrected chi connectivity index (χ1v) is 7.03. The molecule has 2 aromatic rings. The molecule has 0 saturated heterocycles. The van der Waals surface area contributed by atoms with Gasteiger partial charge in [-0.1, -0.05) is 43.2 Å². The molecule has 19 heavy (non-hydrogen) atoms. The molecule has 0 radical (unpaired) electrons. The summed E-state index contributed by atoms with van der Waals surface area (Å²) in [6.45, 7) is 0. The number of benzene rings is 1. The van der Waals surface area contributed by atoms with Gasteiger partial charge in [-0.2, -0.15) is 0 Å². The lowest BCUT2D eigenvalue weighted by Crippen LogP contribution is -2.17. The lowest BCUT2D eigenvalue weighted by molar-refractivity contribution is 0.487. The minimum atomic E-state index is -0.00875. The summed E-state index contributed by atoms with van der Waals surface area (Å²) in [6.07, 6.45) is 7.72. The third kappa shape index (κ3) is 2.68. The molecule has 0 amide bonds. The van der Waals surface area contributed by atoms with E-state index in [1.165, 1.54) is 25.7 Å². The second kappa shape index (κ2) is 5.53. The monoisotopic (exact) mass is 256 g/mol. The van der Waals surface area contributed by atoms with Crippen LogP contribution >= 0.6 is 0 Å². The van der Waals surface area contributed by atoms with E-state index in [-0.39, 0.29) is 6.04 Å². The number of nitrogens with zero attached hydrogens (tertiary/aromatic N) is 3. The van der Waals surface area contributed by atoms with Crippen molar-refractivity contribution in [3.05, 3.63) is 48.0 Å². The fourth-order valence-corrected chi connectivity index (χ4v) is 2.91. The van der Waals surface area contributed by atoms with Gasteiger partial charge in [0.25, 0.3) is 0 Å². The predicted molar refractivity (Wildman–Crippen MR) is 74.6 cm³/mol. The summed E-state index contributed by atoms with van der Waals surface area (Å²) in [6, 6.07) is 10.8. The molecule has 1 aliphatic rings. The minimum absolute atomic E-state index is 0.00875. The van der Waals surface area contributed by atoms with Gasteiger partial charge in [-0.15, -0.1) is 10.2 Å². The van der Waals surface area contributed by atoms with Crippen molar-refractivity contribution in [3.8, 4) is 0 Å². The van der Waals surface area contributed by atoms with Crippen LogP contribution in [0.2, 0.25) is 0 Å². The van der Waals surface area contributed by atoms with Crippen molar-refractivity contribution < 1.29 is 0 Å². The van der Waals surface area contributed by atoms with Gasteiger partial charge in [-0.3, -0.25) is 0 Å². The number of hydrogen-bond acceptors (Lipinski definition) is 3. The van der Waals surface area contributed by atoms with Crippen molar-refractivity contribution >= 4 is 0 Å². The summed E-state index contributed by atoms with van der Waals surface area (Å²) in [5, 5.41) is 8.33. The number of aromatic nitrogens is 3. The van der Waals surface area contributed by atoms with Gasteiger partial charge in [0.05, 0.1) is 0 Å². The van der Waals surface area contributed by atoms with Gasteiger partial charge in [0.2, 0.25) is 0 Å². The van der Waals surface area contributed by atoms with Gasteiger partial charge in [0.1, 0.15) is 12.2 Å². The van der Waals surface area contributed by atoms with Crippen LogP contribution in [0.15, 0.2) is 36.7 Å². The summed E-state index contributed by atoms with van der Waals surface area (Å²) in [7, 11) is 0. The van der Waals surface area contributed by atoms with Gasteiger partial charge in [-0.05, 0) is 18.4 Å². The molecule has 4 heteroatoms. The summed E-state index contributed by atoms with van der Waals surface area (Å²) < 4.78 is 2.23. The highest BCUT2D eigenvalue weighted by atomic mass is 15.3. The molecular formula is C15H20N4. The average molecular weight is 256 g/mol. The molecule has 0 bridgehead atoms. The van der Waals surface area contributed by atoms with Crippen LogP contribution in [0.5, 0.6) is 0 Å². The SMILES string of the molecule is NC(Cc1nncn1C1CCCC1)c1ccccc1. The zero-order chi connectivity index (χ0) is 13.1. The van der Waals surface area contributed by atoms with Crippen molar-refractivity contribution in [2.24, 2.45) is 5.73 Å². The fraction of sp³-hybridized carbons (Fsp3) is 0.467. The lowest BCUT2D eigenvalue weighted by Gasteiger charge is -2.16. The van der Waals surface area contributed by atoms with E-state index in [0.717, 1.165) is 17.8 Å². The standard InChI is InChI=1S/C15H20N4/c16-14(12-6-2-1-3-7-12)10-15-18-17-11-19(15)13-8-4-5-9-13/h1-3,6-7,11,13-14H,4-5,8-10,16H2. The highest BCUT2D eigenvalue weighted by Gasteiger charge is 2.21. The molecule has 0 aliphatic heterocycles. The lowest BCUT2D eigenvalue weighted by atomic mass is 10.0. The Morgan fingerprint density at radius 2 is 1.95 bits per heavy atom. The normalized spacial score (nSPS) is 17.7. The van der Waals surface area contributed by atoms with E-state index in [0.29, 0.717) is 6.04 Å². The summed E-state index contributed by atoms with van der Waals surface area (Å²) in [5.41, 5.74) is 7.43. The Labute approximate surface area is 113 Å². The molecule has 1 heterocycles. The Hall–Kier alpha value is -1.68. The minimum Gasteiger partial charge on any atom is -0.324 e. The highest BCUT2D eigenvalue weighted by Crippen LogP contribution is 2.30. The molecule has 3 rings (SSSR count). The topological polar surface area (TPSA) is 56.7 Å². The van der Waals surface area contributed by atoms with Crippen molar-refractivity contribution in [1.29, 1.82) is 0 Å². The largest absolute Gasteiger partial charge is 0.324 e. The van der Waals surface area contributed by atoms with Crippen molar-refractivity contribution in [2.75, 3.05) is 0 Å². The molecule has 1 fully saturated rings. The van der Waals surface area contributed by atoms with Gasteiger partial charge in [0, 0.05) is 18.5 Å². The van der Waals surface area contributed by atoms with Crippen LogP contribution in [0.3, 0.4) is 0 Å². The predicted octanol–water partition coefficient (Wildman–Crippen LogP) is 2.64. The Balaban J connectivity index is 1.75. The number of nitrogens with two attached hydrogens (primary N) is 1. The second-order valence-corrected chi connectivity index (χ2v) is 5.31. The molecular weight excluding hydrogens is 236 g/mol. The first-order valence-electron chi connectivity index (χ1n) is 7.03. The molecule has 4 nitrogen and oxygen atoms in total. The number of rotatable bonds is 4. The summed E-state index contributed by atoms with van der Waals surface area (Å²) in [5.74, 6) is 1.02. The van der Waals surface area contributed by atoms with E-state index in [4.69, 9.17) is 5.73 Å². The molecule has 100 valence electrons. The molecule has 1 aromatic carbocycles. The van der Waals surface area contributed by atoms with Crippen LogP contribution in [0.4, 0.5) is 0 Å². The maximum atomic E-state index is 6.27. The summed E-state index contributed by atoms with van der Waals surface area (Å²) in [4.78, 5) is 0. The van der Waals surface area contributed by atoms with Gasteiger partial charge in [0.15, 0.2) is 0 Å². The fourth-order valence-electron chi connectivity index (χ4n) is 2.91. The first-order chi connectivity index (χ1) is 9.34. The van der Waals surface area contributed by atoms with Crippen LogP contribution in [-0.2, 0) is 6.42 Å². The molecule has 1 atom stereocenters. The Kier molecular flexibility index (Phi) is 3.60. The number of hydrogen-bond donors (Lipinski definition) is 1.